The van der Waals surface area contributed by atoms with Crippen molar-refractivity contribution >= 4 is 10.9 Å². The number of piperidine rings is 1. The Morgan fingerprint density at radius 2 is 2.20 bits per heavy atom. The lowest BCUT2D eigenvalue weighted by molar-refractivity contribution is 0.355. The van der Waals surface area contributed by atoms with E-state index < -0.39 is 0 Å². The number of aromatic amines is 1. The number of aromatic nitrogens is 3. The zero-order valence-corrected chi connectivity index (χ0v) is 11.4. The van der Waals surface area contributed by atoms with Crippen LogP contribution in [0.2, 0.25) is 0 Å². The molecular weight excluding hydrogens is 254 g/mol. The summed E-state index contributed by atoms with van der Waals surface area (Å²) in [4.78, 5) is 23.2. The van der Waals surface area contributed by atoms with Crippen molar-refractivity contribution in [2.75, 3.05) is 19.6 Å². The van der Waals surface area contributed by atoms with Crippen molar-refractivity contribution in [1.82, 2.24) is 25.6 Å². The molecule has 0 aromatic carbocycles. The smallest absolute Gasteiger partial charge is 0.258 e. The highest BCUT2D eigenvalue weighted by Gasteiger charge is 2.12. The average molecular weight is 273 g/mol. The largest absolute Gasteiger partial charge is 0.317 e. The zero-order chi connectivity index (χ0) is 13.8. The number of hydrogen-bond donors (Lipinski definition) is 3. The monoisotopic (exact) mass is 273 g/mol. The highest BCUT2D eigenvalue weighted by Crippen LogP contribution is 2.10. The van der Waals surface area contributed by atoms with Gasteiger partial charge < -0.3 is 15.6 Å². The van der Waals surface area contributed by atoms with Gasteiger partial charge in [-0.05, 0) is 44.5 Å². The summed E-state index contributed by atoms with van der Waals surface area (Å²) in [5, 5.41) is 7.32. The summed E-state index contributed by atoms with van der Waals surface area (Å²) < 4.78 is 0. The molecule has 20 heavy (non-hydrogen) atoms. The van der Waals surface area contributed by atoms with Crippen LogP contribution in [-0.4, -0.2) is 34.6 Å². The van der Waals surface area contributed by atoms with Gasteiger partial charge in [-0.3, -0.25) is 9.78 Å². The number of pyridine rings is 1. The van der Waals surface area contributed by atoms with Crippen LogP contribution in [0.5, 0.6) is 0 Å². The topological polar surface area (TPSA) is 82.7 Å². The molecule has 2 aromatic rings. The van der Waals surface area contributed by atoms with E-state index in [1.807, 2.05) is 0 Å². The second-order valence-electron chi connectivity index (χ2n) is 5.23. The van der Waals surface area contributed by atoms with E-state index in [-0.39, 0.29) is 5.56 Å². The minimum atomic E-state index is -0.101. The van der Waals surface area contributed by atoms with Crippen LogP contribution in [0.3, 0.4) is 0 Å². The molecule has 3 N–H and O–H groups in total. The Hall–Kier alpha value is -1.79. The maximum atomic E-state index is 11.9. The normalized spacial score (nSPS) is 16.6. The number of rotatable bonds is 4. The molecule has 1 fully saturated rings. The number of nitrogens with zero attached hydrogens (tertiary/aromatic N) is 2. The summed E-state index contributed by atoms with van der Waals surface area (Å²) in [6.07, 6.45) is 5.65. The minimum absolute atomic E-state index is 0.101. The third-order valence-corrected chi connectivity index (χ3v) is 3.74. The molecule has 0 aliphatic carbocycles. The first kappa shape index (κ1) is 13.2. The Labute approximate surface area is 117 Å². The van der Waals surface area contributed by atoms with Crippen molar-refractivity contribution in [2.24, 2.45) is 5.92 Å². The molecule has 3 rings (SSSR count). The van der Waals surface area contributed by atoms with E-state index in [1.54, 1.807) is 18.5 Å². The Bertz CT molecular complexity index is 633. The lowest BCUT2D eigenvalue weighted by Crippen LogP contribution is -2.33. The number of nitrogens with one attached hydrogen (secondary N) is 3. The van der Waals surface area contributed by atoms with Crippen LogP contribution in [-0.2, 0) is 6.54 Å². The summed E-state index contributed by atoms with van der Waals surface area (Å²) in [6, 6.07) is 1.69. The molecule has 0 radical (unpaired) electrons. The van der Waals surface area contributed by atoms with Crippen molar-refractivity contribution in [3.05, 3.63) is 34.6 Å². The molecule has 1 saturated heterocycles. The molecule has 1 aliphatic heterocycles. The maximum absolute atomic E-state index is 11.9. The molecule has 0 unspecified atom stereocenters. The molecule has 0 saturated carbocycles. The number of fused-ring (bicyclic) bond motifs is 1. The van der Waals surface area contributed by atoms with Gasteiger partial charge in [-0.2, -0.15) is 0 Å². The second kappa shape index (κ2) is 6.11. The third-order valence-electron chi connectivity index (χ3n) is 3.74. The van der Waals surface area contributed by atoms with Gasteiger partial charge in [0.1, 0.15) is 5.82 Å². The lowest BCUT2D eigenvalue weighted by atomic mass is 9.98. The van der Waals surface area contributed by atoms with Crippen LogP contribution in [0.1, 0.15) is 18.7 Å². The quantitative estimate of drug-likeness (QED) is 0.751. The predicted molar refractivity (Wildman–Crippen MR) is 77.5 cm³/mol. The lowest BCUT2D eigenvalue weighted by Gasteiger charge is -2.22. The average Bonchev–Trinajstić information content (AvgIpc) is 2.48. The molecule has 2 aromatic heterocycles. The molecule has 6 nitrogen and oxygen atoms in total. The molecule has 3 heterocycles. The van der Waals surface area contributed by atoms with Gasteiger partial charge in [-0.25, -0.2) is 4.98 Å². The van der Waals surface area contributed by atoms with Crippen molar-refractivity contribution in [3.63, 3.8) is 0 Å². The van der Waals surface area contributed by atoms with Crippen molar-refractivity contribution in [3.8, 4) is 0 Å². The molecule has 0 bridgehead atoms. The Morgan fingerprint density at radius 1 is 1.35 bits per heavy atom. The fraction of sp³-hybridized carbons (Fsp3) is 0.500. The van der Waals surface area contributed by atoms with Gasteiger partial charge in [0.15, 0.2) is 0 Å². The van der Waals surface area contributed by atoms with E-state index in [0.717, 1.165) is 19.6 Å². The van der Waals surface area contributed by atoms with Crippen LogP contribution in [0, 0.1) is 5.92 Å². The first-order valence-electron chi connectivity index (χ1n) is 7.07. The molecule has 0 spiro atoms. The van der Waals surface area contributed by atoms with E-state index >= 15 is 0 Å². The second-order valence-corrected chi connectivity index (χ2v) is 5.23. The van der Waals surface area contributed by atoms with Gasteiger partial charge in [0.2, 0.25) is 0 Å². The molecule has 0 amide bonds. The summed E-state index contributed by atoms with van der Waals surface area (Å²) in [5.41, 5.74) is 0.547. The van der Waals surface area contributed by atoms with Gasteiger partial charge in [0.25, 0.3) is 5.56 Å². The Balaban J connectivity index is 1.64. The van der Waals surface area contributed by atoms with Gasteiger partial charge in [0.05, 0.1) is 23.6 Å². The number of H-pyrrole nitrogens is 1. The van der Waals surface area contributed by atoms with Gasteiger partial charge in [-0.1, -0.05) is 0 Å². The fourth-order valence-corrected chi connectivity index (χ4v) is 2.60. The Morgan fingerprint density at radius 3 is 3.05 bits per heavy atom. The van der Waals surface area contributed by atoms with Crippen molar-refractivity contribution in [1.29, 1.82) is 0 Å². The van der Waals surface area contributed by atoms with E-state index in [0.29, 0.717) is 29.2 Å². The summed E-state index contributed by atoms with van der Waals surface area (Å²) in [6.45, 7) is 3.76. The minimum Gasteiger partial charge on any atom is -0.317 e. The van der Waals surface area contributed by atoms with E-state index in [2.05, 4.69) is 25.6 Å². The van der Waals surface area contributed by atoms with Crippen molar-refractivity contribution < 1.29 is 0 Å². The molecule has 6 heteroatoms. The van der Waals surface area contributed by atoms with Crippen LogP contribution in [0.25, 0.3) is 10.9 Å². The van der Waals surface area contributed by atoms with Crippen LogP contribution < -0.4 is 16.2 Å². The standard InChI is InChI=1S/C14H19N5O/c20-14-11-3-6-16-8-12(11)18-13(19-14)9-17-7-10-1-4-15-5-2-10/h3,6,8,10,15,17H,1-2,4-5,7,9H2,(H,18,19,20). The van der Waals surface area contributed by atoms with Gasteiger partial charge in [-0.15, -0.1) is 0 Å². The molecular formula is C14H19N5O. The summed E-state index contributed by atoms with van der Waals surface area (Å²) in [7, 11) is 0. The highest BCUT2D eigenvalue weighted by molar-refractivity contribution is 5.75. The molecule has 1 aliphatic rings. The fourth-order valence-electron chi connectivity index (χ4n) is 2.60. The first-order chi connectivity index (χ1) is 9.83. The molecule has 106 valence electrons. The predicted octanol–water partition coefficient (Wildman–Crippen LogP) is 0.407. The zero-order valence-electron chi connectivity index (χ0n) is 11.4. The molecule has 0 atom stereocenters. The maximum Gasteiger partial charge on any atom is 0.258 e. The van der Waals surface area contributed by atoms with Gasteiger partial charge >= 0.3 is 0 Å². The highest BCUT2D eigenvalue weighted by atomic mass is 16.1. The SMILES string of the molecule is O=c1[nH]c(CNCC2CCNCC2)nc2cnccc12. The van der Waals surface area contributed by atoms with Crippen LogP contribution >= 0.6 is 0 Å². The summed E-state index contributed by atoms with van der Waals surface area (Å²) >= 11 is 0. The summed E-state index contributed by atoms with van der Waals surface area (Å²) in [5.74, 6) is 1.38. The van der Waals surface area contributed by atoms with E-state index in [1.165, 1.54) is 12.8 Å². The van der Waals surface area contributed by atoms with Gasteiger partial charge in [0, 0.05) is 6.20 Å². The van der Waals surface area contributed by atoms with E-state index in [9.17, 15) is 4.79 Å². The first-order valence-corrected chi connectivity index (χ1v) is 7.07. The third kappa shape index (κ3) is 3.02. The Kier molecular flexibility index (Phi) is 4.03. The van der Waals surface area contributed by atoms with Crippen molar-refractivity contribution in [2.45, 2.75) is 19.4 Å². The van der Waals surface area contributed by atoms with Crippen LogP contribution in [0.4, 0.5) is 0 Å². The van der Waals surface area contributed by atoms with E-state index in [4.69, 9.17) is 0 Å². The number of hydrogen-bond acceptors (Lipinski definition) is 5. The van der Waals surface area contributed by atoms with Crippen LogP contribution in [0.15, 0.2) is 23.3 Å².